The number of hydrogen-bond acceptors (Lipinski definition) is 5. The summed E-state index contributed by atoms with van der Waals surface area (Å²) in [5.41, 5.74) is 0.666. The molecule has 2 aliphatic rings. The molecule has 0 aliphatic carbocycles. The van der Waals surface area contributed by atoms with Gasteiger partial charge in [0.15, 0.2) is 0 Å². The molecule has 0 saturated carbocycles. The van der Waals surface area contributed by atoms with Crippen molar-refractivity contribution >= 4 is 23.3 Å². The third kappa shape index (κ3) is 4.80. The smallest absolute Gasteiger partial charge is 0.314 e. The van der Waals surface area contributed by atoms with E-state index in [4.69, 9.17) is 9.47 Å². The van der Waals surface area contributed by atoms with Crippen molar-refractivity contribution < 1.29 is 19.1 Å². The Balaban J connectivity index is 1.62. The molecule has 3 heterocycles. The lowest BCUT2D eigenvalue weighted by molar-refractivity contribution is -0.0823. The molecule has 8 heteroatoms. The van der Waals surface area contributed by atoms with Gasteiger partial charge in [0.05, 0.1) is 30.7 Å². The number of amides is 3. The lowest BCUT2D eigenvalue weighted by Crippen LogP contribution is -2.47. The number of carbonyl (C=O) groups excluding carboxylic acids is 2. The highest BCUT2D eigenvalue weighted by Crippen LogP contribution is 2.33. The van der Waals surface area contributed by atoms with E-state index in [1.54, 1.807) is 11.3 Å². The number of ether oxygens (including phenoxy) is 2. The highest BCUT2D eigenvalue weighted by molar-refractivity contribution is 7.14. The fraction of sp³-hybridized carbons (Fsp3) is 0.684. The monoisotopic (exact) mass is 395 g/mol. The quantitative estimate of drug-likeness (QED) is 0.818. The van der Waals surface area contributed by atoms with Crippen molar-refractivity contribution in [1.29, 1.82) is 0 Å². The minimum atomic E-state index is -0.485. The predicted molar refractivity (Wildman–Crippen MR) is 104 cm³/mol. The van der Waals surface area contributed by atoms with Crippen molar-refractivity contribution in [3.63, 3.8) is 0 Å². The van der Waals surface area contributed by atoms with Gasteiger partial charge in [0.1, 0.15) is 5.60 Å². The van der Waals surface area contributed by atoms with E-state index >= 15 is 0 Å². The summed E-state index contributed by atoms with van der Waals surface area (Å²) in [7, 11) is 0. The molecule has 2 aliphatic heterocycles. The molecule has 3 rings (SSSR count). The van der Waals surface area contributed by atoms with Crippen LogP contribution in [0.1, 0.15) is 39.9 Å². The van der Waals surface area contributed by atoms with E-state index in [1.807, 2.05) is 31.7 Å². The van der Waals surface area contributed by atoms with Crippen LogP contribution in [0.15, 0.2) is 6.07 Å². The number of hydrogen-bond donors (Lipinski definition) is 2. The molecule has 1 aromatic heterocycles. The molecule has 150 valence electrons. The van der Waals surface area contributed by atoms with E-state index in [2.05, 4.69) is 10.6 Å². The van der Waals surface area contributed by atoms with Gasteiger partial charge >= 0.3 is 6.03 Å². The van der Waals surface area contributed by atoms with Gasteiger partial charge in [-0.15, -0.1) is 11.3 Å². The fourth-order valence-electron chi connectivity index (χ4n) is 3.60. The Bertz CT molecular complexity index is 673. The van der Waals surface area contributed by atoms with Crippen molar-refractivity contribution in [2.75, 3.05) is 39.4 Å². The molecule has 7 nitrogen and oxygen atoms in total. The second kappa shape index (κ2) is 8.58. The van der Waals surface area contributed by atoms with Gasteiger partial charge in [0, 0.05) is 24.5 Å². The van der Waals surface area contributed by atoms with Gasteiger partial charge in [-0.1, -0.05) is 0 Å². The summed E-state index contributed by atoms with van der Waals surface area (Å²) in [5.74, 6) is 0.0496. The van der Waals surface area contributed by atoms with Gasteiger partial charge in [0.2, 0.25) is 0 Å². The standard InChI is InChI=1S/C19H29N3O4S/c1-4-20-18(24)21-10-15-5-6-19(26-15)11-22(7-8-25-12-19)17(23)16-9-13(2)14(3)27-16/h9,15H,4-8,10-12H2,1-3H3,(H2,20,21,24)/t15-,19+/m1/s1. The second-order valence-electron chi connectivity index (χ2n) is 7.33. The van der Waals surface area contributed by atoms with E-state index in [0.29, 0.717) is 39.4 Å². The zero-order chi connectivity index (χ0) is 19.4. The third-order valence-electron chi connectivity index (χ3n) is 5.18. The minimum Gasteiger partial charge on any atom is -0.377 e. The van der Waals surface area contributed by atoms with Gasteiger partial charge in [0.25, 0.3) is 5.91 Å². The molecule has 2 N–H and O–H groups in total. The van der Waals surface area contributed by atoms with Gasteiger partial charge in [-0.2, -0.15) is 0 Å². The first kappa shape index (κ1) is 20.1. The maximum atomic E-state index is 13.0. The van der Waals surface area contributed by atoms with Crippen molar-refractivity contribution in [3.05, 3.63) is 21.4 Å². The summed E-state index contributed by atoms with van der Waals surface area (Å²) in [4.78, 5) is 28.4. The molecule has 1 aromatic rings. The molecule has 27 heavy (non-hydrogen) atoms. The Labute approximate surface area is 164 Å². The molecule has 2 saturated heterocycles. The summed E-state index contributed by atoms with van der Waals surface area (Å²) in [5, 5.41) is 5.55. The lowest BCUT2D eigenvalue weighted by atomic mass is 10.00. The number of nitrogens with one attached hydrogen (secondary N) is 2. The Morgan fingerprint density at radius 1 is 1.37 bits per heavy atom. The first-order valence-corrected chi connectivity index (χ1v) is 10.4. The third-order valence-corrected chi connectivity index (χ3v) is 6.32. The van der Waals surface area contributed by atoms with Crippen LogP contribution in [0.5, 0.6) is 0 Å². The lowest BCUT2D eigenvalue weighted by Gasteiger charge is -2.31. The molecule has 2 atom stereocenters. The Kier molecular flexibility index (Phi) is 6.39. The van der Waals surface area contributed by atoms with Crippen molar-refractivity contribution in [2.24, 2.45) is 0 Å². The van der Waals surface area contributed by atoms with Crippen LogP contribution in [0.4, 0.5) is 4.79 Å². The maximum absolute atomic E-state index is 13.0. The first-order chi connectivity index (χ1) is 12.9. The van der Waals surface area contributed by atoms with Crippen molar-refractivity contribution in [2.45, 2.75) is 45.3 Å². The average molecular weight is 396 g/mol. The second-order valence-corrected chi connectivity index (χ2v) is 8.59. The number of nitrogens with zero attached hydrogens (tertiary/aromatic N) is 1. The van der Waals surface area contributed by atoms with Crippen LogP contribution in [0.2, 0.25) is 0 Å². The van der Waals surface area contributed by atoms with E-state index in [0.717, 1.165) is 23.3 Å². The Morgan fingerprint density at radius 2 is 2.19 bits per heavy atom. The van der Waals surface area contributed by atoms with Crippen LogP contribution in [0.3, 0.4) is 0 Å². The maximum Gasteiger partial charge on any atom is 0.314 e. The van der Waals surface area contributed by atoms with E-state index < -0.39 is 5.60 Å². The molecule has 1 spiro atoms. The number of urea groups is 1. The molecular weight excluding hydrogens is 366 g/mol. The highest BCUT2D eigenvalue weighted by Gasteiger charge is 2.44. The van der Waals surface area contributed by atoms with Gasteiger partial charge < -0.3 is 25.0 Å². The number of carbonyl (C=O) groups is 2. The van der Waals surface area contributed by atoms with Crippen LogP contribution < -0.4 is 10.6 Å². The van der Waals surface area contributed by atoms with Crippen molar-refractivity contribution in [1.82, 2.24) is 15.5 Å². The topological polar surface area (TPSA) is 79.9 Å². The Morgan fingerprint density at radius 3 is 2.89 bits per heavy atom. The van der Waals surface area contributed by atoms with Crippen molar-refractivity contribution in [3.8, 4) is 0 Å². The molecular formula is C19H29N3O4S. The summed E-state index contributed by atoms with van der Waals surface area (Å²) in [6, 6.07) is 1.79. The van der Waals surface area contributed by atoms with Crippen LogP contribution in [0.25, 0.3) is 0 Å². The van der Waals surface area contributed by atoms with Gasteiger partial charge in [-0.25, -0.2) is 4.79 Å². The molecule has 0 radical (unpaired) electrons. The summed E-state index contributed by atoms with van der Waals surface area (Å²) < 4.78 is 12.1. The normalized spacial score (nSPS) is 25.4. The molecule has 0 aromatic carbocycles. The van der Waals surface area contributed by atoms with Gasteiger partial charge in [-0.05, 0) is 45.2 Å². The molecule has 0 bridgehead atoms. The average Bonchev–Trinajstić information content (AvgIpc) is 3.11. The minimum absolute atomic E-state index is 0.0496. The fourth-order valence-corrected chi connectivity index (χ4v) is 4.61. The van der Waals surface area contributed by atoms with Gasteiger partial charge in [-0.3, -0.25) is 4.79 Å². The zero-order valence-corrected chi connectivity index (χ0v) is 17.1. The summed E-state index contributed by atoms with van der Waals surface area (Å²) in [6.45, 7) is 9.10. The van der Waals surface area contributed by atoms with Crippen LogP contribution in [-0.4, -0.2) is 67.9 Å². The number of aryl methyl sites for hydroxylation is 2. The Hall–Kier alpha value is -1.64. The zero-order valence-electron chi connectivity index (χ0n) is 16.3. The van der Waals surface area contributed by atoms with Crippen LogP contribution in [0, 0.1) is 13.8 Å². The molecule has 2 fully saturated rings. The SMILES string of the molecule is CCNC(=O)NC[C@H]1CC[C@]2(COCCN(C(=O)c3cc(C)c(C)s3)C2)O1. The summed E-state index contributed by atoms with van der Waals surface area (Å²) >= 11 is 1.54. The van der Waals surface area contributed by atoms with Crippen LogP contribution >= 0.6 is 11.3 Å². The summed E-state index contributed by atoms with van der Waals surface area (Å²) in [6.07, 6.45) is 1.60. The van der Waals surface area contributed by atoms with E-state index in [-0.39, 0.29) is 18.0 Å². The van der Waals surface area contributed by atoms with Crippen LogP contribution in [-0.2, 0) is 9.47 Å². The number of thiophene rings is 1. The van der Waals surface area contributed by atoms with E-state index in [9.17, 15) is 9.59 Å². The predicted octanol–water partition coefficient (Wildman–Crippen LogP) is 2.07. The number of rotatable bonds is 4. The molecule has 0 unspecified atom stereocenters. The molecule has 3 amide bonds. The van der Waals surface area contributed by atoms with E-state index in [1.165, 1.54) is 4.88 Å². The first-order valence-electron chi connectivity index (χ1n) is 9.56. The largest absolute Gasteiger partial charge is 0.377 e. The highest BCUT2D eigenvalue weighted by atomic mass is 32.1.